The average Bonchev–Trinajstić information content (AvgIpc) is 2.82. The largest absolute Gasteiger partial charge is 0.497 e. The summed E-state index contributed by atoms with van der Waals surface area (Å²) in [7, 11) is 2.98. The maximum atomic E-state index is 13.8. The van der Waals surface area contributed by atoms with Gasteiger partial charge in [-0.2, -0.15) is 0 Å². The van der Waals surface area contributed by atoms with Gasteiger partial charge in [-0.05, 0) is 36.5 Å². The van der Waals surface area contributed by atoms with E-state index in [4.69, 9.17) is 9.47 Å². The minimum atomic E-state index is -2.28. The molecule has 1 saturated carbocycles. The Kier molecular flexibility index (Phi) is 6.21. The van der Waals surface area contributed by atoms with E-state index in [1.807, 2.05) is 0 Å². The number of ether oxygens (including phenoxy) is 2. The molecular formula is C25H31N3O5. The highest BCUT2D eigenvalue weighted by Gasteiger charge is 2.53. The monoisotopic (exact) mass is 453 g/mol. The van der Waals surface area contributed by atoms with Crippen LogP contribution in [0.25, 0.3) is 0 Å². The predicted molar refractivity (Wildman–Crippen MR) is 125 cm³/mol. The fourth-order valence-electron chi connectivity index (χ4n) is 4.87. The van der Waals surface area contributed by atoms with Crippen LogP contribution in [0.4, 0.5) is 16.2 Å². The number of carbonyl (C=O) groups excluding carboxylic acids is 2. The highest BCUT2D eigenvalue weighted by atomic mass is 16.5. The maximum absolute atomic E-state index is 13.8. The van der Waals surface area contributed by atoms with Crippen molar-refractivity contribution in [3.8, 4) is 11.5 Å². The first-order valence-corrected chi connectivity index (χ1v) is 11.3. The zero-order valence-corrected chi connectivity index (χ0v) is 19.4. The molecule has 0 radical (unpaired) electrons. The Bertz CT molecular complexity index is 1060. The van der Waals surface area contributed by atoms with Crippen molar-refractivity contribution in [2.45, 2.75) is 44.9 Å². The zero-order chi connectivity index (χ0) is 23.8. The summed E-state index contributed by atoms with van der Waals surface area (Å²) in [5.74, 6) is 0.871. The van der Waals surface area contributed by atoms with Crippen LogP contribution in [0.1, 0.15) is 38.7 Å². The van der Waals surface area contributed by atoms with Crippen molar-refractivity contribution in [1.82, 2.24) is 5.32 Å². The number of fused-ring (bicyclic) bond motifs is 1. The van der Waals surface area contributed by atoms with Gasteiger partial charge in [0.2, 0.25) is 0 Å². The molecule has 2 aromatic carbocycles. The van der Waals surface area contributed by atoms with E-state index in [9.17, 15) is 14.7 Å². The topological polar surface area (TPSA) is 100 Å². The van der Waals surface area contributed by atoms with E-state index in [0.717, 1.165) is 24.2 Å². The van der Waals surface area contributed by atoms with E-state index < -0.39 is 17.7 Å². The Morgan fingerprint density at radius 3 is 2.64 bits per heavy atom. The van der Waals surface area contributed by atoms with Crippen LogP contribution in [-0.4, -0.2) is 37.3 Å². The Hall–Kier alpha value is -3.26. The number of rotatable bonds is 5. The van der Waals surface area contributed by atoms with Gasteiger partial charge in [0.1, 0.15) is 11.5 Å². The SMILES string of the molecule is COc1ccc(N2C(=O)Nc3ccccc3[C@@]2(O)C(=O)N[C@H]2CCC[C@H](C)[C@H]2C)c(OC)c1. The lowest BCUT2D eigenvalue weighted by Crippen LogP contribution is -2.64. The Morgan fingerprint density at radius 2 is 1.91 bits per heavy atom. The molecule has 1 heterocycles. The lowest BCUT2D eigenvalue weighted by Gasteiger charge is -2.44. The van der Waals surface area contributed by atoms with E-state index in [1.165, 1.54) is 14.2 Å². The van der Waals surface area contributed by atoms with E-state index in [0.29, 0.717) is 17.4 Å². The first-order chi connectivity index (χ1) is 15.8. The molecule has 3 amide bonds. The Balaban J connectivity index is 1.82. The molecule has 1 aliphatic heterocycles. The van der Waals surface area contributed by atoms with Crippen LogP contribution in [0.2, 0.25) is 0 Å². The molecule has 3 N–H and O–H groups in total. The van der Waals surface area contributed by atoms with Crippen LogP contribution < -0.4 is 25.0 Å². The number of hydrogen-bond donors (Lipinski definition) is 3. The summed E-state index contributed by atoms with van der Waals surface area (Å²) in [6.07, 6.45) is 2.94. The summed E-state index contributed by atoms with van der Waals surface area (Å²) in [4.78, 5) is 28.2. The molecule has 8 heteroatoms. The molecule has 4 atom stereocenters. The standard InChI is InChI=1S/C25H31N3O5/c1-15-8-7-11-19(16(15)2)26-23(29)25(31)18-9-5-6-10-20(18)27-24(30)28(25)21-13-12-17(32-3)14-22(21)33-4/h5-6,9-10,12-16,19,31H,7-8,11H2,1-4H3,(H,26,29)(H,27,30)/t15-,16+,19-,25+/m0/s1. The highest BCUT2D eigenvalue weighted by Crippen LogP contribution is 2.44. The van der Waals surface area contributed by atoms with Gasteiger partial charge in [-0.15, -0.1) is 0 Å². The Labute approximate surface area is 193 Å². The maximum Gasteiger partial charge on any atom is 0.329 e. The van der Waals surface area contributed by atoms with Crippen LogP contribution in [0, 0.1) is 11.8 Å². The fraction of sp³-hybridized carbons (Fsp3) is 0.440. The third-order valence-corrected chi connectivity index (χ3v) is 7.04. The lowest BCUT2D eigenvalue weighted by molar-refractivity contribution is -0.141. The van der Waals surface area contributed by atoms with Gasteiger partial charge in [-0.1, -0.05) is 44.9 Å². The minimum absolute atomic E-state index is 0.0953. The molecule has 0 spiro atoms. The highest BCUT2D eigenvalue weighted by molar-refractivity contribution is 6.12. The second kappa shape index (κ2) is 8.94. The van der Waals surface area contributed by atoms with Gasteiger partial charge >= 0.3 is 6.03 Å². The molecule has 0 unspecified atom stereocenters. The fourth-order valence-corrected chi connectivity index (χ4v) is 4.87. The van der Waals surface area contributed by atoms with Gasteiger partial charge in [0.25, 0.3) is 11.6 Å². The molecule has 1 fully saturated rings. The summed E-state index contributed by atoms with van der Waals surface area (Å²) in [5.41, 5.74) is -1.36. The molecule has 1 aliphatic carbocycles. The molecule has 0 saturated heterocycles. The number of amides is 3. The average molecular weight is 454 g/mol. The third kappa shape index (κ3) is 3.88. The zero-order valence-electron chi connectivity index (χ0n) is 19.4. The van der Waals surface area contributed by atoms with Crippen molar-refractivity contribution in [3.05, 3.63) is 48.0 Å². The molecule has 0 bridgehead atoms. The van der Waals surface area contributed by atoms with E-state index in [1.54, 1.807) is 42.5 Å². The van der Waals surface area contributed by atoms with Crippen LogP contribution in [-0.2, 0) is 10.5 Å². The Morgan fingerprint density at radius 1 is 1.15 bits per heavy atom. The van der Waals surface area contributed by atoms with Crippen molar-refractivity contribution in [1.29, 1.82) is 0 Å². The quantitative estimate of drug-likeness (QED) is 0.639. The van der Waals surface area contributed by atoms with E-state index >= 15 is 0 Å². The summed E-state index contributed by atoms with van der Waals surface area (Å²) >= 11 is 0. The molecule has 2 aromatic rings. The van der Waals surface area contributed by atoms with Crippen LogP contribution in [0.5, 0.6) is 11.5 Å². The first kappa shape index (κ1) is 22.9. The van der Waals surface area contributed by atoms with Crippen LogP contribution in [0.3, 0.4) is 0 Å². The normalized spacial score (nSPS) is 26.8. The molecule has 4 rings (SSSR count). The molecule has 8 nitrogen and oxygen atoms in total. The van der Waals surface area contributed by atoms with Gasteiger partial charge in [-0.3, -0.25) is 4.79 Å². The van der Waals surface area contributed by atoms with Crippen molar-refractivity contribution in [3.63, 3.8) is 0 Å². The second-order valence-electron chi connectivity index (χ2n) is 8.87. The summed E-state index contributed by atoms with van der Waals surface area (Å²) < 4.78 is 10.8. The van der Waals surface area contributed by atoms with Gasteiger partial charge in [0.05, 0.1) is 25.6 Å². The smallest absolute Gasteiger partial charge is 0.329 e. The second-order valence-corrected chi connectivity index (χ2v) is 8.87. The van der Waals surface area contributed by atoms with Gasteiger partial charge < -0.3 is 25.2 Å². The number of urea groups is 1. The predicted octanol–water partition coefficient (Wildman–Crippen LogP) is 3.84. The number of carbonyl (C=O) groups is 2. The number of anilines is 2. The number of methoxy groups -OCH3 is 2. The van der Waals surface area contributed by atoms with Crippen LogP contribution in [0.15, 0.2) is 42.5 Å². The van der Waals surface area contributed by atoms with Crippen molar-refractivity contribution >= 4 is 23.3 Å². The molecule has 2 aliphatic rings. The van der Waals surface area contributed by atoms with Gasteiger partial charge in [-0.25, -0.2) is 9.69 Å². The number of nitrogens with zero attached hydrogens (tertiary/aromatic N) is 1. The minimum Gasteiger partial charge on any atom is -0.497 e. The number of benzene rings is 2. The van der Waals surface area contributed by atoms with Crippen LogP contribution >= 0.6 is 0 Å². The van der Waals surface area contributed by atoms with Crippen molar-refractivity contribution in [2.24, 2.45) is 11.8 Å². The number of aliphatic hydroxyl groups is 1. The number of nitrogens with one attached hydrogen (secondary N) is 2. The molecule has 33 heavy (non-hydrogen) atoms. The number of para-hydroxylation sites is 1. The van der Waals surface area contributed by atoms with E-state index in [2.05, 4.69) is 24.5 Å². The van der Waals surface area contributed by atoms with Crippen molar-refractivity contribution in [2.75, 3.05) is 24.4 Å². The van der Waals surface area contributed by atoms with Crippen molar-refractivity contribution < 1.29 is 24.2 Å². The summed E-state index contributed by atoms with van der Waals surface area (Å²) in [6.45, 7) is 4.29. The molecule has 176 valence electrons. The van der Waals surface area contributed by atoms with Gasteiger partial charge in [0, 0.05) is 17.7 Å². The molecular weight excluding hydrogens is 422 g/mol. The molecule has 0 aromatic heterocycles. The lowest BCUT2D eigenvalue weighted by atomic mass is 9.78. The first-order valence-electron chi connectivity index (χ1n) is 11.3. The third-order valence-electron chi connectivity index (χ3n) is 7.04. The number of hydrogen-bond acceptors (Lipinski definition) is 5. The van der Waals surface area contributed by atoms with Gasteiger partial charge in [0.15, 0.2) is 0 Å². The summed E-state index contributed by atoms with van der Waals surface area (Å²) in [5, 5.41) is 17.9. The summed E-state index contributed by atoms with van der Waals surface area (Å²) in [6, 6.07) is 10.9. The van der Waals surface area contributed by atoms with E-state index in [-0.39, 0.29) is 29.0 Å².